The summed E-state index contributed by atoms with van der Waals surface area (Å²) >= 11 is 0. The Balaban J connectivity index is 1.56. The van der Waals surface area contributed by atoms with Gasteiger partial charge in [0.25, 0.3) is 0 Å². The Bertz CT molecular complexity index is 1780. The molecule has 0 aliphatic rings. The second-order valence-electron chi connectivity index (χ2n) is 10.2. The van der Waals surface area contributed by atoms with E-state index in [4.69, 9.17) is 14.3 Å². The summed E-state index contributed by atoms with van der Waals surface area (Å²) in [7, 11) is 0. The molecule has 3 atom stereocenters. The van der Waals surface area contributed by atoms with Gasteiger partial charge >= 0.3 is 18.0 Å². The van der Waals surface area contributed by atoms with Crippen molar-refractivity contribution in [3.8, 4) is 5.75 Å². The summed E-state index contributed by atoms with van der Waals surface area (Å²) in [6, 6.07) is 12.2. The Kier molecular flexibility index (Phi) is 10.7. The molecule has 15 nitrogen and oxygen atoms in total. The van der Waals surface area contributed by atoms with Crippen LogP contribution in [0.3, 0.4) is 0 Å². The Morgan fingerprint density at radius 2 is 1.50 bits per heavy atom. The van der Waals surface area contributed by atoms with Crippen LogP contribution in [0.4, 0.5) is 4.79 Å². The first-order valence-corrected chi connectivity index (χ1v) is 13.9. The lowest BCUT2D eigenvalue weighted by Gasteiger charge is -2.24. The summed E-state index contributed by atoms with van der Waals surface area (Å²) in [6.07, 6.45) is 0.269. The molecule has 46 heavy (non-hydrogen) atoms. The van der Waals surface area contributed by atoms with E-state index in [0.717, 1.165) is 23.2 Å². The van der Waals surface area contributed by atoms with Crippen molar-refractivity contribution in [3.05, 3.63) is 100 Å². The van der Waals surface area contributed by atoms with Crippen LogP contribution in [0.25, 0.3) is 10.9 Å². The molecule has 2 aromatic carbocycles. The maximum absolute atomic E-state index is 13.7. The Labute approximate surface area is 260 Å². The van der Waals surface area contributed by atoms with E-state index in [1.54, 1.807) is 60.8 Å². The quantitative estimate of drug-likeness (QED) is 0.105. The largest absolute Gasteiger partial charge is 0.502 e. The molecule has 0 aliphatic carbocycles. The third-order valence-corrected chi connectivity index (χ3v) is 6.83. The molecular formula is C31H30N4O11. The molecule has 4 rings (SSSR count). The lowest BCUT2D eigenvalue weighted by Crippen LogP contribution is -2.57. The number of ether oxygens (including phenoxy) is 1. The highest BCUT2D eigenvalue weighted by Crippen LogP contribution is 2.19. The molecular weight excluding hydrogens is 604 g/mol. The lowest BCUT2D eigenvalue weighted by molar-refractivity contribution is -0.147. The number of nitrogens with one attached hydrogen (secondary N) is 4. The van der Waals surface area contributed by atoms with Gasteiger partial charge in [-0.2, -0.15) is 0 Å². The topological polar surface area (TPSA) is 237 Å². The number of carboxylic acids is 2. The average Bonchev–Trinajstić information content (AvgIpc) is 3.43. The van der Waals surface area contributed by atoms with Crippen molar-refractivity contribution in [3.63, 3.8) is 0 Å². The van der Waals surface area contributed by atoms with E-state index in [1.165, 1.54) is 0 Å². The van der Waals surface area contributed by atoms with Gasteiger partial charge in [0.2, 0.25) is 17.2 Å². The summed E-state index contributed by atoms with van der Waals surface area (Å²) in [5.74, 6) is -5.54. The van der Waals surface area contributed by atoms with Gasteiger partial charge in [-0.05, 0) is 17.2 Å². The highest BCUT2D eigenvalue weighted by atomic mass is 16.6. The van der Waals surface area contributed by atoms with Crippen molar-refractivity contribution in [2.24, 2.45) is 0 Å². The van der Waals surface area contributed by atoms with Crippen LogP contribution in [0.1, 0.15) is 23.3 Å². The molecule has 0 saturated heterocycles. The number of amides is 3. The fourth-order valence-corrected chi connectivity index (χ4v) is 4.55. The van der Waals surface area contributed by atoms with Gasteiger partial charge in [0.05, 0.1) is 6.42 Å². The predicted octanol–water partition coefficient (Wildman–Crippen LogP) is 1.44. The van der Waals surface area contributed by atoms with Gasteiger partial charge < -0.3 is 45.4 Å². The van der Waals surface area contributed by atoms with Gasteiger partial charge in [-0.1, -0.05) is 48.5 Å². The highest BCUT2D eigenvalue weighted by molar-refractivity contribution is 5.94. The summed E-state index contributed by atoms with van der Waals surface area (Å²) in [5.41, 5.74) is 1.23. The van der Waals surface area contributed by atoms with Gasteiger partial charge in [0.1, 0.15) is 30.1 Å². The number of para-hydroxylation sites is 1. The minimum atomic E-state index is -1.78. The second kappa shape index (κ2) is 15.1. The van der Waals surface area contributed by atoms with Crippen LogP contribution < -0.4 is 21.4 Å². The summed E-state index contributed by atoms with van der Waals surface area (Å²) in [5, 5.41) is 35.9. The molecule has 4 aromatic rings. The van der Waals surface area contributed by atoms with Crippen LogP contribution in [0, 0.1) is 0 Å². The molecule has 15 heteroatoms. The first kappa shape index (κ1) is 32.8. The fourth-order valence-electron chi connectivity index (χ4n) is 4.55. The number of carbonyl (C=O) groups excluding carboxylic acids is 3. The van der Waals surface area contributed by atoms with E-state index < -0.39 is 72.2 Å². The molecule has 0 spiro atoms. The summed E-state index contributed by atoms with van der Waals surface area (Å²) < 4.78 is 10.1. The van der Waals surface area contributed by atoms with E-state index in [9.17, 15) is 39.0 Å². The molecule has 2 heterocycles. The van der Waals surface area contributed by atoms with Crippen LogP contribution >= 0.6 is 0 Å². The van der Waals surface area contributed by atoms with Crippen molar-refractivity contribution in [2.45, 2.75) is 44.0 Å². The molecule has 0 radical (unpaired) electrons. The Morgan fingerprint density at radius 1 is 0.848 bits per heavy atom. The van der Waals surface area contributed by atoms with Crippen LogP contribution in [0.15, 0.2) is 82.3 Å². The fraction of sp³-hybridized carbons (Fsp3) is 0.226. The third-order valence-electron chi connectivity index (χ3n) is 6.83. The van der Waals surface area contributed by atoms with Crippen molar-refractivity contribution in [2.75, 3.05) is 0 Å². The Hall–Kier alpha value is -6.12. The van der Waals surface area contributed by atoms with Gasteiger partial charge in [-0.25, -0.2) is 9.59 Å². The molecule has 0 fully saturated rings. The number of aliphatic carboxylic acids is 2. The number of hydrogen-bond acceptors (Lipinski definition) is 9. The highest BCUT2D eigenvalue weighted by Gasteiger charge is 2.31. The molecule has 0 bridgehead atoms. The van der Waals surface area contributed by atoms with Gasteiger partial charge in [0, 0.05) is 36.0 Å². The van der Waals surface area contributed by atoms with E-state index >= 15 is 0 Å². The molecule has 3 amide bonds. The number of benzene rings is 2. The van der Waals surface area contributed by atoms with Crippen molar-refractivity contribution in [1.29, 1.82) is 0 Å². The second-order valence-corrected chi connectivity index (χ2v) is 10.2. The number of aromatic amines is 1. The number of rotatable bonds is 14. The maximum atomic E-state index is 13.7. The molecule has 0 unspecified atom stereocenters. The van der Waals surface area contributed by atoms with Gasteiger partial charge in [-0.15, -0.1) is 0 Å². The zero-order valence-electron chi connectivity index (χ0n) is 24.1. The normalized spacial score (nSPS) is 12.8. The smallest absolute Gasteiger partial charge is 0.408 e. The number of carbonyl (C=O) groups is 5. The van der Waals surface area contributed by atoms with Crippen LogP contribution in [0.5, 0.6) is 5.75 Å². The number of aromatic nitrogens is 1. The van der Waals surface area contributed by atoms with Gasteiger partial charge in [-0.3, -0.25) is 19.2 Å². The molecule has 240 valence electrons. The van der Waals surface area contributed by atoms with E-state index in [0.29, 0.717) is 11.1 Å². The minimum absolute atomic E-state index is 0.0474. The number of H-pyrrole nitrogens is 1. The number of carboxylic acid groups (broad SMARTS) is 2. The van der Waals surface area contributed by atoms with Crippen molar-refractivity contribution < 1.29 is 48.4 Å². The monoisotopic (exact) mass is 634 g/mol. The molecule has 7 N–H and O–H groups in total. The average molecular weight is 635 g/mol. The first-order chi connectivity index (χ1) is 22.0. The van der Waals surface area contributed by atoms with Crippen LogP contribution in [-0.2, 0) is 43.4 Å². The van der Waals surface area contributed by atoms with E-state index in [1.807, 2.05) is 0 Å². The van der Waals surface area contributed by atoms with Gasteiger partial charge in [0.15, 0.2) is 12.4 Å². The standard InChI is InChI=1S/C31H30N4O11/c36-25-12-19(45-16-26(25)37)15-46-31(44)35-22(10-17-6-2-1-3-7-17)28(40)33-23(29(41)34-24(30(42)43)13-27(38)39)11-18-14-32-21-9-5-4-8-20(18)21/h1-9,12,14,16,22-24,32,37H,10-11,13,15H2,(H,33,40)(H,34,41)(H,35,44)(H,38,39)(H,42,43)/t22-,23-,24-/m0/s1. The van der Waals surface area contributed by atoms with Crippen LogP contribution in [0.2, 0.25) is 0 Å². The molecule has 2 aromatic heterocycles. The minimum Gasteiger partial charge on any atom is -0.502 e. The van der Waals surface area contributed by atoms with Crippen molar-refractivity contribution >= 4 is 40.7 Å². The molecule has 0 aliphatic heterocycles. The first-order valence-electron chi connectivity index (χ1n) is 13.9. The predicted molar refractivity (Wildman–Crippen MR) is 160 cm³/mol. The van der Waals surface area contributed by atoms with E-state index in [-0.39, 0.29) is 18.6 Å². The zero-order valence-corrected chi connectivity index (χ0v) is 24.1. The number of alkyl carbamates (subject to hydrolysis) is 1. The molecule has 0 saturated carbocycles. The number of fused-ring (bicyclic) bond motifs is 1. The number of aromatic hydroxyl groups is 1. The Morgan fingerprint density at radius 3 is 2.17 bits per heavy atom. The maximum Gasteiger partial charge on any atom is 0.408 e. The SMILES string of the molecule is O=C(O)C[C@H](NC(=O)[C@H](Cc1c[nH]c2ccccc12)NC(=O)[C@H](Cc1ccccc1)NC(=O)OCc1cc(=O)c(O)co1)C(=O)O. The van der Waals surface area contributed by atoms with E-state index in [2.05, 4.69) is 20.9 Å². The zero-order chi connectivity index (χ0) is 33.2. The summed E-state index contributed by atoms with van der Waals surface area (Å²) in [4.78, 5) is 77.4. The number of hydrogen-bond donors (Lipinski definition) is 7. The summed E-state index contributed by atoms with van der Waals surface area (Å²) in [6.45, 7) is -0.507. The van der Waals surface area contributed by atoms with Crippen LogP contribution in [-0.4, -0.2) is 68.3 Å². The third kappa shape index (κ3) is 8.95. The van der Waals surface area contributed by atoms with Crippen molar-refractivity contribution in [1.82, 2.24) is 20.9 Å². The lowest BCUT2D eigenvalue weighted by atomic mass is 10.0.